The van der Waals surface area contributed by atoms with Crippen LogP contribution in [0.3, 0.4) is 0 Å². The number of hydrogen-bond donors (Lipinski definition) is 2. The molecule has 2 rings (SSSR count). The topological polar surface area (TPSA) is 58.6 Å². The highest BCUT2D eigenvalue weighted by Crippen LogP contribution is 2.39. The normalized spacial score (nSPS) is 37.5. The summed E-state index contributed by atoms with van der Waals surface area (Å²) in [7, 11) is 0. The lowest BCUT2D eigenvalue weighted by Crippen LogP contribution is -2.49. The summed E-state index contributed by atoms with van der Waals surface area (Å²) in [6.07, 6.45) is -3.54. The van der Waals surface area contributed by atoms with E-state index in [0.717, 1.165) is 0 Å². The first-order valence-electron chi connectivity index (χ1n) is 7.41. The Morgan fingerprint density at radius 3 is 2.43 bits per heavy atom. The zero-order valence-corrected chi connectivity index (χ0v) is 12.1. The number of hydrogen-bond acceptors (Lipinski definition) is 3. The summed E-state index contributed by atoms with van der Waals surface area (Å²) in [6.45, 7) is 2.28. The fourth-order valence-electron chi connectivity index (χ4n) is 3.07. The molecule has 4 nitrogen and oxygen atoms in total. The fourth-order valence-corrected chi connectivity index (χ4v) is 3.07. The van der Waals surface area contributed by atoms with Crippen LogP contribution in [0.4, 0.5) is 13.2 Å². The molecular formula is C14H22F3NO3. The number of halogens is 3. The Labute approximate surface area is 122 Å². The first kappa shape index (κ1) is 16.5. The van der Waals surface area contributed by atoms with E-state index in [4.69, 9.17) is 4.74 Å². The van der Waals surface area contributed by atoms with Gasteiger partial charge in [0.1, 0.15) is 5.60 Å². The molecule has 0 spiro atoms. The predicted molar refractivity (Wildman–Crippen MR) is 69.5 cm³/mol. The molecule has 1 aliphatic heterocycles. The molecule has 0 bridgehead atoms. The molecule has 122 valence electrons. The zero-order valence-electron chi connectivity index (χ0n) is 12.1. The second kappa shape index (κ2) is 6.12. The van der Waals surface area contributed by atoms with Gasteiger partial charge in [-0.1, -0.05) is 0 Å². The fraction of sp³-hybridized carbons (Fsp3) is 0.929. The number of amides is 1. The largest absolute Gasteiger partial charge is 0.391 e. The Morgan fingerprint density at radius 1 is 1.33 bits per heavy atom. The summed E-state index contributed by atoms with van der Waals surface area (Å²) < 4.78 is 43.0. The minimum atomic E-state index is -4.16. The van der Waals surface area contributed by atoms with Crippen molar-refractivity contribution >= 4 is 5.91 Å². The standard InChI is InChI=1S/C14H22F3NO3/c1-9-13(20,6-7-21-9)8-18-12(19)10-2-4-11(5-3-10)14(15,16)17/h9-11,20H,2-8H2,1H3,(H,18,19). The minimum absolute atomic E-state index is 0.00533. The van der Waals surface area contributed by atoms with Crippen molar-refractivity contribution in [2.75, 3.05) is 13.2 Å². The highest BCUT2D eigenvalue weighted by atomic mass is 19.4. The van der Waals surface area contributed by atoms with Gasteiger partial charge in [-0.25, -0.2) is 0 Å². The van der Waals surface area contributed by atoms with Crippen molar-refractivity contribution in [1.82, 2.24) is 5.32 Å². The zero-order chi connectivity index (χ0) is 15.7. The average Bonchev–Trinajstić information content (AvgIpc) is 2.76. The molecule has 2 unspecified atom stereocenters. The van der Waals surface area contributed by atoms with E-state index in [2.05, 4.69) is 5.32 Å². The van der Waals surface area contributed by atoms with Crippen LogP contribution in [0.2, 0.25) is 0 Å². The summed E-state index contributed by atoms with van der Waals surface area (Å²) in [5.41, 5.74) is -1.07. The van der Waals surface area contributed by atoms with Crippen molar-refractivity contribution in [3.8, 4) is 0 Å². The summed E-state index contributed by atoms with van der Waals surface area (Å²) in [5, 5.41) is 12.9. The van der Waals surface area contributed by atoms with E-state index in [-0.39, 0.29) is 50.2 Å². The van der Waals surface area contributed by atoms with Gasteiger partial charge in [0.05, 0.1) is 12.0 Å². The van der Waals surface area contributed by atoms with Crippen LogP contribution in [0, 0.1) is 11.8 Å². The van der Waals surface area contributed by atoms with Crippen LogP contribution < -0.4 is 5.32 Å². The lowest BCUT2D eigenvalue weighted by Gasteiger charge is -2.31. The average molecular weight is 309 g/mol. The molecule has 0 radical (unpaired) electrons. The summed E-state index contributed by atoms with van der Waals surface area (Å²) in [6, 6.07) is 0. The maximum atomic E-state index is 12.6. The van der Waals surface area contributed by atoms with Crippen molar-refractivity contribution in [3.05, 3.63) is 0 Å². The van der Waals surface area contributed by atoms with E-state index in [1.807, 2.05) is 0 Å². The van der Waals surface area contributed by atoms with Gasteiger partial charge >= 0.3 is 6.18 Å². The third-order valence-corrected chi connectivity index (χ3v) is 4.79. The van der Waals surface area contributed by atoms with Crippen LogP contribution >= 0.6 is 0 Å². The molecule has 0 aromatic carbocycles. The Morgan fingerprint density at radius 2 is 1.95 bits per heavy atom. The van der Waals surface area contributed by atoms with Crippen LogP contribution in [0.25, 0.3) is 0 Å². The minimum Gasteiger partial charge on any atom is -0.385 e. The monoisotopic (exact) mass is 309 g/mol. The molecule has 21 heavy (non-hydrogen) atoms. The second-order valence-corrected chi connectivity index (χ2v) is 6.17. The lowest BCUT2D eigenvalue weighted by atomic mass is 9.81. The first-order chi connectivity index (χ1) is 9.72. The number of rotatable bonds is 3. The molecule has 1 aliphatic carbocycles. The number of ether oxygens (including phenoxy) is 1. The maximum Gasteiger partial charge on any atom is 0.391 e. The Kier molecular flexibility index (Phi) is 4.82. The van der Waals surface area contributed by atoms with Gasteiger partial charge in [-0.15, -0.1) is 0 Å². The van der Waals surface area contributed by atoms with Crippen molar-refractivity contribution in [3.63, 3.8) is 0 Å². The van der Waals surface area contributed by atoms with Gasteiger partial charge in [-0.05, 0) is 32.6 Å². The van der Waals surface area contributed by atoms with E-state index < -0.39 is 17.7 Å². The number of alkyl halides is 3. The van der Waals surface area contributed by atoms with E-state index >= 15 is 0 Å². The molecule has 1 heterocycles. The highest BCUT2D eigenvalue weighted by Gasteiger charge is 2.43. The number of aliphatic hydroxyl groups is 1. The molecule has 1 saturated carbocycles. The Hall–Kier alpha value is -0.820. The van der Waals surface area contributed by atoms with Crippen LogP contribution in [-0.2, 0) is 9.53 Å². The van der Waals surface area contributed by atoms with Gasteiger partial charge in [0, 0.05) is 25.5 Å². The third kappa shape index (κ3) is 3.88. The van der Waals surface area contributed by atoms with Gasteiger partial charge in [0.25, 0.3) is 0 Å². The molecule has 1 amide bonds. The molecule has 0 aromatic rings. The quantitative estimate of drug-likeness (QED) is 0.838. The summed E-state index contributed by atoms with van der Waals surface area (Å²) >= 11 is 0. The van der Waals surface area contributed by atoms with Gasteiger partial charge < -0.3 is 15.2 Å². The Balaban J connectivity index is 1.78. The second-order valence-electron chi connectivity index (χ2n) is 6.17. The molecule has 2 aliphatic rings. The van der Waals surface area contributed by atoms with Crippen LogP contribution in [0.15, 0.2) is 0 Å². The molecular weight excluding hydrogens is 287 g/mol. The van der Waals surface area contributed by atoms with E-state index in [9.17, 15) is 23.1 Å². The van der Waals surface area contributed by atoms with E-state index in [1.165, 1.54) is 0 Å². The van der Waals surface area contributed by atoms with Crippen LogP contribution in [-0.4, -0.2) is 42.0 Å². The molecule has 1 saturated heterocycles. The summed E-state index contributed by atoms with van der Waals surface area (Å²) in [5.74, 6) is -1.93. The Bertz CT molecular complexity index is 380. The molecule has 0 aromatic heterocycles. The number of carbonyl (C=O) groups is 1. The van der Waals surface area contributed by atoms with Crippen molar-refractivity contribution in [2.45, 2.75) is 56.9 Å². The lowest BCUT2D eigenvalue weighted by molar-refractivity contribution is -0.184. The third-order valence-electron chi connectivity index (χ3n) is 4.79. The molecule has 7 heteroatoms. The number of carbonyl (C=O) groups excluding carboxylic acids is 1. The van der Waals surface area contributed by atoms with Crippen LogP contribution in [0.5, 0.6) is 0 Å². The predicted octanol–water partition coefficient (Wildman–Crippen LogP) is 2.01. The summed E-state index contributed by atoms with van der Waals surface area (Å²) in [4.78, 5) is 12.0. The van der Waals surface area contributed by atoms with Crippen molar-refractivity contribution in [1.29, 1.82) is 0 Å². The van der Waals surface area contributed by atoms with Crippen molar-refractivity contribution < 1.29 is 27.8 Å². The SMILES string of the molecule is CC1OCCC1(O)CNC(=O)C1CCC(C(F)(F)F)CC1. The van der Waals surface area contributed by atoms with Gasteiger partial charge in [0.15, 0.2) is 0 Å². The highest BCUT2D eigenvalue weighted by molar-refractivity contribution is 5.78. The molecule has 2 N–H and O–H groups in total. The van der Waals surface area contributed by atoms with E-state index in [1.54, 1.807) is 6.92 Å². The number of nitrogens with one attached hydrogen (secondary N) is 1. The van der Waals surface area contributed by atoms with Gasteiger partial charge in [-0.3, -0.25) is 4.79 Å². The molecule has 2 atom stereocenters. The molecule has 2 fully saturated rings. The van der Waals surface area contributed by atoms with E-state index in [0.29, 0.717) is 13.0 Å². The first-order valence-corrected chi connectivity index (χ1v) is 7.41. The maximum absolute atomic E-state index is 12.6. The smallest absolute Gasteiger partial charge is 0.385 e. The van der Waals surface area contributed by atoms with Crippen LogP contribution in [0.1, 0.15) is 39.0 Å². The van der Waals surface area contributed by atoms with Gasteiger partial charge in [-0.2, -0.15) is 13.2 Å². The van der Waals surface area contributed by atoms with Gasteiger partial charge in [0.2, 0.25) is 5.91 Å². The van der Waals surface area contributed by atoms with Crippen molar-refractivity contribution in [2.24, 2.45) is 11.8 Å².